The molecule has 0 aromatic carbocycles. The van der Waals surface area contributed by atoms with Crippen LogP contribution < -0.4 is 0 Å². The van der Waals surface area contributed by atoms with Crippen LogP contribution in [-0.4, -0.2) is 14.6 Å². The summed E-state index contributed by atoms with van der Waals surface area (Å²) in [6.45, 7) is 2.17. The van der Waals surface area contributed by atoms with E-state index in [1.165, 1.54) is 9.75 Å². The van der Waals surface area contributed by atoms with Gasteiger partial charge < -0.3 is 0 Å². The number of hydrogen-bond donors (Lipinski definition) is 0. The Labute approximate surface area is 109 Å². The van der Waals surface area contributed by atoms with E-state index < -0.39 is 0 Å². The van der Waals surface area contributed by atoms with Gasteiger partial charge in [-0.1, -0.05) is 18.3 Å². The first-order valence-electron chi connectivity index (χ1n) is 4.87. The monoisotopic (exact) mass is 313 g/mol. The summed E-state index contributed by atoms with van der Waals surface area (Å²) in [6.07, 6.45) is 3.05. The highest BCUT2D eigenvalue weighted by Gasteiger charge is 2.09. The molecule has 3 nitrogen and oxygen atoms in total. The van der Waals surface area contributed by atoms with Gasteiger partial charge in [0, 0.05) is 4.88 Å². The molecule has 0 aliphatic heterocycles. The lowest BCUT2D eigenvalue weighted by atomic mass is 10.3. The molecular formula is C10H8BrN3S2. The molecule has 0 aliphatic rings. The number of aryl methyl sites for hydroxylation is 1. The van der Waals surface area contributed by atoms with Crippen LogP contribution in [0.15, 0.2) is 22.2 Å². The van der Waals surface area contributed by atoms with Crippen molar-refractivity contribution in [2.24, 2.45) is 0 Å². The second kappa shape index (κ2) is 3.94. The third kappa shape index (κ3) is 1.70. The molecular weight excluding hydrogens is 306 g/mol. The maximum Gasteiger partial charge on any atom is 0.213 e. The molecule has 0 radical (unpaired) electrons. The fourth-order valence-electron chi connectivity index (χ4n) is 1.50. The molecule has 6 heteroatoms. The molecule has 16 heavy (non-hydrogen) atoms. The Morgan fingerprint density at radius 3 is 2.94 bits per heavy atom. The first kappa shape index (κ1) is 10.4. The van der Waals surface area contributed by atoms with E-state index in [0.717, 1.165) is 21.0 Å². The smallest absolute Gasteiger partial charge is 0.213 e. The first-order chi connectivity index (χ1) is 7.76. The predicted molar refractivity (Wildman–Crippen MR) is 71.3 cm³/mol. The van der Waals surface area contributed by atoms with E-state index in [4.69, 9.17) is 0 Å². The van der Waals surface area contributed by atoms with Gasteiger partial charge in [0.05, 0.1) is 11.1 Å². The molecule has 0 unspecified atom stereocenters. The Balaban J connectivity index is 2.07. The van der Waals surface area contributed by atoms with Crippen molar-refractivity contribution in [2.45, 2.75) is 13.3 Å². The van der Waals surface area contributed by atoms with Crippen LogP contribution in [0, 0.1) is 0 Å². The van der Waals surface area contributed by atoms with Gasteiger partial charge in [-0.05, 0) is 34.5 Å². The van der Waals surface area contributed by atoms with Gasteiger partial charge in [0.1, 0.15) is 5.69 Å². The number of thiophene rings is 1. The van der Waals surface area contributed by atoms with Crippen LogP contribution in [0.3, 0.4) is 0 Å². The highest BCUT2D eigenvalue weighted by Crippen LogP contribution is 2.29. The number of aromatic nitrogens is 3. The zero-order valence-corrected chi connectivity index (χ0v) is 11.7. The van der Waals surface area contributed by atoms with Crippen LogP contribution in [0.4, 0.5) is 0 Å². The Morgan fingerprint density at radius 1 is 1.38 bits per heavy atom. The van der Waals surface area contributed by atoms with Gasteiger partial charge in [-0.15, -0.1) is 16.4 Å². The average Bonchev–Trinajstić information content (AvgIpc) is 2.88. The average molecular weight is 314 g/mol. The lowest BCUT2D eigenvalue weighted by Crippen LogP contribution is -1.77. The molecule has 0 amide bonds. The number of rotatable bonds is 2. The standard InChI is InChI=1S/C10H8BrN3S2/c1-2-6-3-4-8(15-6)7-5-14-10(12-7)16-9(11)13-14/h3-5H,2H2,1H3. The molecule has 0 fully saturated rings. The molecule has 0 saturated carbocycles. The lowest BCUT2D eigenvalue weighted by molar-refractivity contribution is 0.959. The van der Waals surface area contributed by atoms with Crippen LogP contribution in [-0.2, 0) is 6.42 Å². The molecule has 3 aromatic rings. The molecule has 3 rings (SSSR count). The van der Waals surface area contributed by atoms with E-state index in [9.17, 15) is 0 Å². The van der Waals surface area contributed by atoms with E-state index in [2.05, 4.69) is 45.1 Å². The number of fused-ring (bicyclic) bond motifs is 1. The van der Waals surface area contributed by atoms with Crippen molar-refractivity contribution in [1.82, 2.24) is 14.6 Å². The van der Waals surface area contributed by atoms with Crippen LogP contribution in [0.1, 0.15) is 11.8 Å². The normalized spacial score (nSPS) is 11.4. The Bertz CT molecular complexity index is 606. The summed E-state index contributed by atoms with van der Waals surface area (Å²) in [5.41, 5.74) is 1.01. The third-order valence-corrected chi connectivity index (χ3v) is 4.89. The van der Waals surface area contributed by atoms with Gasteiger partial charge in [-0.2, -0.15) is 0 Å². The highest BCUT2D eigenvalue weighted by molar-refractivity contribution is 9.11. The molecule has 0 spiro atoms. The molecule has 0 saturated heterocycles. The molecule has 3 heterocycles. The third-order valence-electron chi connectivity index (χ3n) is 2.28. The lowest BCUT2D eigenvalue weighted by Gasteiger charge is -1.87. The van der Waals surface area contributed by atoms with Crippen molar-refractivity contribution in [2.75, 3.05) is 0 Å². The van der Waals surface area contributed by atoms with Crippen LogP contribution in [0.25, 0.3) is 15.5 Å². The van der Waals surface area contributed by atoms with Gasteiger partial charge >= 0.3 is 0 Å². The van der Waals surface area contributed by atoms with Crippen molar-refractivity contribution in [3.05, 3.63) is 27.1 Å². The summed E-state index contributed by atoms with van der Waals surface area (Å²) in [7, 11) is 0. The minimum Gasteiger partial charge on any atom is -0.217 e. The van der Waals surface area contributed by atoms with E-state index in [1.54, 1.807) is 22.7 Å². The Hall–Kier alpha value is -0.720. The first-order valence-corrected chi connectivity index (χ1v) is 7.29. The maximum atomic E-state index is 4.55. The van der Waals surface area contributed by atoms with Crippen LogP contribution in [0.5, 0.6) is 0 Å². The number of halogens is 1. The van der Waals surface area contributed by atoms with E-state index in [1.807, 2.05) is 10.7 Å². The molecule has 0 atom stereocenters. The van der Waals surface area contributed by atoms with Crippen molar-refractivity contribution >= 4 is 43.6 Å². The zero-order valence-electron chi connectivity index (χ0n) is 8.48. The Morgan fingerprint density at radius 2 is 2.25 bits per heavy atom. The summed E-state index contributed by atoms with van der Waals surface area (Å²) in [4.78, 5) is 8.08. The fraction of sp³-hybridized carbons (Fsp3) is 0.200. The summed E-state index contributed by atoms with van der Waals surface area (Å²) in [5, 5.41) is 4.28. The predicted octanol–water partition coefficient (Wildman–Crippen LogP) is 3.84. The second-order valence-electron chi connectivity index (χ2n) is 3.33. The Kier molecular flexibility index (Phi) is 2.57. The van der Waals surface area contributed by atoms with E-state index in [-0.39, 0.29) is 0 Å². The highest BCUT2D eigenvalue weighted by atomic mass is 79.9. The number of imidazole rings is 1. The van der Waals surface area contributed by atoms with Gasteiger partial charge in [0.2, 0.25) is 4.96 Å². The summed E-state index contributed by atoms with van der Waals surface area (Å²) in [6, 6.07) is 4.29. The summed E-state index contributed by atoms with van der Waals surface area (Å²) >= 11 is 6.69. The van der Waals surface area contributed by atoms with Gasteiger partial charge in [-0.3, -0.25) is 0 Å². The zero-order chi connectivity index (χ0) is 11.1. The topological polar surface area (TPSA) is 30.2 Å². The van der Waals surface area contributed by atoms with Crippen LogP contribution in [0.2, 0.25) is 0 Å². The van der Waals surface area contributed by atoms with Gasteiger partial charge in [-0.25, -0.2) is 9.50 Å². The van der Waals surface area contributed by atoms with Gasteiger partial charge in [0.15, 0.2) is 3.92 Å². The molecule has 0 aliphatic carbocycles. The van der Waals surface area contributed by atoms with Crippen molar-refractivity contribution in [1.29, 1.82) is 0 Å². The molecule has 0 bridgehead atoms. The summed E-state index contributed by atoms with van der Waals surface area (Å²) < 4.78 is 2.68. The van der Waals surface area contributed by atoms with Gasteiger partial charge in [0.25, 0.3) is 0 Å². The van der Waals surface area contributed by atoms with Crippen molar-refractivity contribution in [3.8, 4) is 10.6 Å². The molecule has 3 aromatic heterocycles. The minimum absolute atomic E-state index is 0.863. The van der Waals surface area contributed by atoms with Crippen molar-refractivity contribution < 1.29 is 0 Å². The second-order valence-corrected chi connectivity index (χ2v) is 6.73. The minimum atomic E-state index is 0.863. The number of nitrogens with zero attached hydrogens (tertiary/aromatic N) is 3. The van der Waals surface area contributed by atoms with E-state index in [0.29, 0.717) is 0 Å². The summed E-state index contributed by atoms with van der Waals surface area (Å²) in [5.74, 6) is 0. The SMILES string of the molecule is CCc1ccc(-c2cn3nc(Br)sc3n2)s1. The largest absolute Gasteiger partial charge is 0.217 e. The van der Waals surface area contributed by atoms with E-state index >= 15 is 0 Å². The fourth-order valence-corrected chi connectivity index (χ4v) is 3.62. The quantitative estimate of drug-likeness (QED) is 0.719. The maximum absolute atomic E-state index is 4.55. The van der Waals surface area contributed by atoms with Crippen molar-refractivity contribution in [3.63, 3.8) is 0 Å². The molecule has 82 valence electrons. The number of hydrogen-bond acceptors (Lipinski definition) is 4. The van der Waals surface area contributed by atoms with Crippen LogP contribution >= 0.6 is 38.6 Å². The molecule has 0 N–H and O–H groups in total.